The molecule has 0 aliphatic heterocycles. The lowest BCUT2D eigenvalue weighted by molar-refractivity contribution is -0.114. The maximum Gasteiger partial charge on any atom is 0.162 e. The average Bonchev–Trinajstić information content (AvgIpc) is 2.55. The molecule has 1 saturated carbocycles. The standard InChI is InChI=1S/C12H16O/c1-9-5-6-10-3-2-4-11(10)7-8-12(9)13/h5,7,10H,2-4,6,8H2,1H3/b9-5-,11-7-. The molecule has 0 heterocycles. The van der Waals surface area contributed by atoms with E-state index in [-0.39, 0.29) is 0 Å². The van der Waals surface area contributed by atoms with Crippen molar-refractivity contribution in [3.63, 3.8) is 0 Å². The van der Waals surface area contributed by atoms with Crippen LogP contribution in [0.3, 0.4) is 0 Å². The lowest BCUT2D eigenvalue weighted by Gasteiger charge is -2.12. The number of Topliss-reactive ketones (excluding diaryl/α,β-unsaturated/α-hetero) is 1. The molecule has 2 aliphatic carbocycles. The molecule has 1 heteroatoms. The highest BCUT2D eigenvalue weighted by atomic mass is 16.1. The van der Waals surface area contributed by atoms with E-state index in [9.17, 15) is 4.79 Å². The Hall–Kier alpha value is -0.850. The predicted octanol–water partition coefficient (Wildman–Crippen LogP) is 3.02. The fourth-order valence-electron chi connectivity index (χ4n) is 2.30. The molecular weight excluding hydrogens is 160 g/mol. The normalized spacial score (nSPS) is 36.7. The Morgan fingerprint density at radius 3 is 3.08 bits per heavy atom. The molecule has 0 spiro atoms. The van der Waals surface area contributed by atoms with Crippen LogP contribution in [0.4, 0.5) is 0 Å². The fraction of sp³-hybridized carbons (Fsp3) is 0.583. The van der Waals surface area contributed by atoms with Gasteiger partial charge in [0.05, 0.1) is 0 Å². The first-order valence-corrected chi connectivity index (χ1v) is 5.16. The largest absolute Gasteiger partial charge is 0.294 e. The molecule has 13 heavy (non-hydrogen) atoms. The smallest absolute Gasteiger partial charge is 0.162 e. The third kappa shape index (κ3) is 1.74. The van der Waals surface area contributed by atoms with Crippen molar-refractivity contribution in [1.29, 1.82) is 0 Å². The van der Waals surface area contributed by atoms with Gasteiger partial charge in [-0.05, 0) is 44.1 Å². The van der Waals surface area contributed by atoms with Crippen LogP contribution >= 0.6 is 0 Å². The van der Waals surface area contributed by atoms with Crippen LogP contribution in [0, 0.1) is 5.92 Å². The number of carbonyl (C=O) groups excluding carboxylic acids is 1. The van der Waals surface area contributed by atoms with E-state index in [2.05, 4.69) is 12.2 Å². The molecule has 0 amide bonds. The first-order chi connectivity index (χ1) is 6.27. The number of hydrogen-bond donors (Lipinski definition) is 0. The van der Waals surface area contributed by atoms with Crippen molar-refractivity contribution in [2.75, 3.05) is 0 Å². The summed E-state index contributed by atoms with van der Waals surface area (Å²) in [7, 11) is 0. The molecular formula is C12H16O. The number of hydrogen-bond acceptors (Lipinski definition) is 1. The minimum absolute atomic E-state index is 0.304. The molecule has 0 saturated heterocycles. The summed E-state index contributed by atoms with van der Waals surface area (Å²) in [5.74, 6) is 1.06. The Kier molecular flexibility index (Phi) is 2.34. The Morgan fingerprint density at radius 1 is 1.38 bits per heavy atom. The molecule has 0 radical (unpaired) electrons. The quantitative estimate of drug-likeness (QED) is 0.518. The predicted molar refractivity (Wildman–Crippen MR) is 53.4 cm³/mol. The third-order valence-electron chi connectivity index (χ3n) is 3.24. The molecule has 2 aliphatic rings. The van der Waals surface area contributed by atoms with Crippen molar-refractivity contribution >= 4 is 5.78 Å². The van der Waals surface area contributed by atoms with Crippen molar-refractivity contribution in [3.8, 4) is 0 Å². The maximum atomic E-state index is 11.4. The molecule has 1 unspecified atom stereocenters. The van der Waals surface area contributed by atoms with Gasteiger partial charge in [0.15, 0.2) is 5.78 Å². The van der Waals surface area contributed by atoms with Gasteiger partial charge < -0.3 is 0 Å². The summed E-state index contributed by atoms with van der Waals surface area (Å²) in [5.41, 5.74) is 2.50. The van der Waals surface area contributed by atoms with E-state index in [1.807, 2.05) is 6.92 Å². The molecule has 0 aromatic heterocycles. The number of ketones is 1. The topological polar surface area (TPSA) is 17.1 Å². The van der Waals surface area contributed by atoms with Gasteiger partial charge in [-0.25, -0.2) is 0 Å². The second-order valence-corrected chi connectivity index (χ2v) is 4.12. The first kappa shape index (κ1) is 8.74. The van der Waals surface area contributed by atoms with Crippen LogP contribution in [-0.4, -0.2) is 5.78 Å². The Bertz CT molecular complexity index is 283. The monoisotopic (exact) mass is 176 g/mol. The second kappa shape index (κ2) is 3.49. The summed E-state index contributed by atoms with van der Waals surface area (Å²) >= 11 is 0. The Balaban J connectivity index is 2.20. The molecule has 0 bridgehead atoms. The minimum atomic E-state index is 0.304. The summed E-state index contributed by atoms with van der Waals surface area (Å²) < 4.78 is 0. The number of allylic oxidation sites excluding steroid dienone is 4. The highest BCUT2D eigenvalue weighted by Crippen LogP contribution is 2.35. The zero-order valence-corrected chi connectivity index (χ0v) is 8.18. The zero-order chi connectivity index (χ0) is 9.26. The summed E-state index contributed by atoms with van der Waals surface area (Å²) in [6.07, 6.45) is 9.89. The van der Waals surface area contributed by atoms with E-state index < -0.39 is 0 Å². The zero-order valence-electron chi connectivity index (χ0n) is 8.18. The molecule has 1 fully saturated rings. The van der Waals surface area contributed by atoms with Crippen LogP contribution in [0.25, 0.3) is 0 Å². The molecule has 1 nitrogen and oxygen atoms in total. The van der Waals surface area contributed by atoms with E-state index in [1.165, 1.54) is 24.8 Å². The average molecular weight is 176 g/mol. The Morgan fingerprint density at radius 2 is 2.23 bits per heavy atom. The molecule has 70 valence electrons. The van der Waals surface area contributed by atoms with Crippen molar-refractivity contribution in [1.82, 2.24) is 0 Å². The van der Waals surface area contributed by atoms with E-state index in [0.29, 0.717) is 12.2 Å². The van der Waals surface area contributed by atoms with Gasteiger partial charge in [0.25, 0.3) is 0 Å². The first-order valence-electron chi connectivity index (χ1n) is 5.16. The van der Waals surface area contributed by atoms with E-state index in [1.54, 1.807) is 0 Å². The van der Waals surface area contributed by atoms with Gasteiger partial charge in [0.2, 0.25) is 0 Å². The number of fused-ring (bicyclic) bond motifs is 1. The van der Waals surface area contributed by atoms with Crippen LogP contribution in [0.15, 0.2) is 23.3 Å². The summed E-state index contributed by atoms with van der Waals surface area (Å²) in [4.78, 5) is 11.4. The summed E-state index contributed by atoms with van der Waals surface area (Å²) in [6.45, 7) is 1.94. The minimum Gasteiger partial charge on any atom is -0.294 e. The maximum absolute atomic E-state index is 11.4. The van der Waals surface area contributed by atoms with Crippen LogP contribution in [-0.2, 0) is 4.79 Å². The fourth-order valence-corrected chi connectivity index (χ4v) is 2.30. The summed E-state index contributed by atoms with van der Waals surface area (Å²) in [5, 5.41) is 0. The van der Waals surface area contributed by atoms with Crippen molar-refractivity contribution in [2.24, 2.45) is 5.92 Å². The van der Waals surface area contributed by atoms with Crippen molar-refractivity contribution < 1.29 is 4.79 Å². The van der Waals surface area contributed by atoms with Crippen LogP contribution in [0.1, 0.15) is 39.0 Å². The van der Waals surface area contributed by atoms with Gasteiger partial charge >= 0.3 is 0 Å². The van der Waals surface area contributed by atoms with E-state index in [4.69, 9.17) is 0 Å². The van der Waals surface area contributed by atoms with Crippen molar-refractivity contribution in [3.05, 3.63) is 23.3 Å². The number of carbonyl (C=O) groups is 1. The summed E-state index contributed by atoms with van der Waals surface area (Å²) in [6, 6.07) is 0. The molecule has 2 rings (SSSR count). The molecule has 1 atom stereocenters. The van der Waals surface area contributed by atoms with E-state index >= 15 is 0 Å². The second-order valence-electron chi connectivity index (χ2n) is 4.12. The van der Waals surface area contributed by atoms with Gasteiger partial charge in [0, 0.05) is 6.42 Å². The van der Waals surface area contributed by atoms with Crippen LogP contribution in [0.2, 0.25) is 0 Å². The third-order valence-corrected chi connectivity index (χ3v) is 3.24. The number of rotatable bonds is 0. The highest BCUT2D eigenvalue weighted by Gasteiger charge is 2.21. The van der Waals surface area contributed by atoms with E-state index in [0.717, 1.165) is 17.9 Å². The van der Waals surface area contributed by atoms with Crippen LogP contribution in [0.5, 0.6) is 0 Å². The SMILES string of the molecule is C/C1=C/CC2CCC/C2=C/CC1=O. The molecule has 0 N–H and O–H groups in total. The lowest BCUT2D eigenvalue weighted by atomic mass is 9.92. The molecule has 0 aromatic rings. The highest BCUT2D eigenvalue weighted by molar-refractivity contribution is 5.95. The van der Waals surface area contributed by atoms with Gasteiger partial charge in [-0.1, -0.05) is 17.7 Å². The molecule has 0 aromatic carbocycles. The van der Waals surface area contributed by atoms with Gasteiger partial charge in [-0.3, -0.25) is 4.79 Å². The van der Waals surface area contributed by atoms with Gasteiger partial charge in [-0.2, -0.15) is 0 Å². The van der Waals surface area contributed by atoms with Crippen LogP contribution < -0.4 is 0 Å². The van der Waals surface area contributed by atoms with Gasteiger partial charge in [0.1, 0.15) is 0 Å². The van der Waals surface area contributed by atoms with Crippen molar-refractivity contribution in [2.45, 2.75) is 39.0 Å². The Labute approximate surface area is 79.5 Å². The van der Waals surface area contributed by atoms with Gasteiger partial charge in [-0.15, -0.1) is 0 Å². The lowest BCUT2D eigenvalue weighted by Crippen LogP contribution is -2.04.